The van der Waals surface area contributed by atoms with E-state index in [1.54, 1.807) is 0 Å². The van der Waals surface area contributed by atoms with Crippen LogP contribution in [0.15, 0.2) is 24.3 Å². The van der Waals surface area contributed by atoms with Gasteiger partial charge in [-0.3, -0.25) is 9.59 Å². The highest BCUT2D eigenvalue weighted by Gasteiger charge is 2.46. The van der Waals surface area contributed by atoms with Gasteiger partial charge in [-0.25, -0.2) is 0 Å². The van der Waals surface area contributed by atoms with Crippen molar-refractivity contribution in [2.45, 2.75) is 24.6 Å². The fourth-order valence-electron chi connectivity index (χ4n) is 2.95. The van der Waals surface area contributed by atoms with Crippen LogP contribution in [-0.4, -0.2) is 61.1 Å². The fourth-order valence-corrected chi connectivity index (χ4v) is 2.95. The average molecular weight is 376 g/mol. The highest BCUT2D eigenvalue weighted by Crippen LogP contribution is 2.33. The minimum absolute atomic E-state index is 0.123. The smallest absolute Gasteiger partial charge is 0.427 e. The Morgan fingerprint density at radius 2 is 2.08 bits per heavy atom. The maximum absolute atomic E-state index is 13.2. The maximum Gasteiger partial charge on any atom is 0.461 e. The lowest BCUT2D eigenvalue weighted by atomic mass is 10.0. The topological polar surface area (TPSA) is 67.9 Å². The second-order valence-corrected chi connectivity index (χ2v) is 6.19. The molecule has 2 aliphatic rings. The fraction of sp³-hybridized carbons (Fsp3) is 0.500. The summed E-state index contributed by atoms with van der Waals surface area (Å²) >= 11 is 0. The Labute approximate surface area is 146 Å². The minimum atomic E-state index is -4.71. The number of hydrogen-bond acceptors (Lipinski definition) is 4. The number of carbonyl (C=O) groups is 2. The van der Waals surface area contributed by atoms with Gasteiger partial charge in [0.15, 0.2) is 0 Å². The Morgan fingerprint density at radius 3 is 2.73 bits per heavy atom. The van der Waals surface area contributed by atoms with E-state index in [4.69, 9.17) is 4.74 Å². The number of alkyl halides is 4. The van der Waals surface area contributed by atoms with Crippen LogP contribution in [0.25, 0.3) is 0 Å². The van der Waals surface area contributed by atoms with Crippen LogP contribution in [-0.2, 0) is 9.53 Å². The molecule has 2 amide bonds. The van der Waals surface area contributed by atoms with Crippen LogP contribution in [0.4, 0.5) is 17.6 Å². The van der Waals surface area contributed by atoms with E-state index in [0.29, 0.717) is 6.42 Å². The lowest BCUT2D eigenvalue weighted by molar-refractivity contribution is -0.253. The third-order valence-electron chi connectivity index (χ3n) is 4.34. The number of hydrogen-bond donors (Lipinski definition) is 1. The van der Waals surface area contributed by atoms with E-state index in [-0.39, 0.29) is 37.7 Å². The number of likely N-dealkylation sites (tertiary alicyclic amines) is 1. The zero-order chi connectivity index (χ0) is 18.9. The largest absolute Gasteiger partial charge is 0.461 e. The van der Waals surface area contributed by atoms with Crippen molar-refractivity contribution in [2.24, 2.45) is 0 Å². The first kappa shape index (κ1) is 18.4. The first-order valence-corrected chi connectivity index (χ1v) is 7.86. The summed E-state index contributed by atoms with van der Waals surface area (Å²) in [5.41, 5.74) is -0.976. The number of nitrogens with zero attached hydrogens (tertiary/aromatic N) is 1. The van der Waals surface area contributed by atoms with Crippen molar-refractivity contribution < 1.29 is 36.6 Å². The van der Waals surface area contributed by atoms with Crippen LogP contribution in [0.1, 0.15) is 16.8 Å². The first-order chi connectivity index (χ1) is 12.2. The van der Waals surface area contributed by atoms with Crippen molar-refractivity contribution in [1.29, 1.82) is 0 Å². The van der Waals surface area contributed by atoms with E-state index in [2.05, 4.69) is 10.1 Å². The summed E-state index contributed by atoms with van der Waals surface area (Å²) < 4.78 is 60.8. The number of halogens is 4. The molecule has 0 saturated carbocycles. The zero-order valence-corrected chi connectivity index (χ0v) is 13.5. The van der Waals surface area contributed by atoms with Gasteiger partial charge >= 0.3 is 12.5 Å². The summed E-state index contributed by atoms with van der Waals surface area (Å²) in [6.45, 7) is 0.527. The van der Waals surface area contributed by atoms with Crippen LogP contribution >= 0.6 is 0 Å². The van der Waals surface area contributed by atoms with Crippen molar-refractivity contribution in [3.8, 4) is 5.75 Å². The van der Waals surface area contributed by atoms with E-state index in [1.165, 1.54) is 23.1 Å². The van der Waals surface area contributed by atoms with Gasteiger partial charge in [0.1, 0.15) is 18.0 Å². The molecule has 2 saturated heterocycles. The standard InChI is InChI=1S/C16H16F4N2O4/c17-14(18)16(19,20)26-11-4-2-1-3-10(11)13(24)22-6-5-15(9-22)8-21-12(23)7-25-15/h1-4,14H,5-9H2,(H,21,23). The van der Waals surface area contributed by atoms with Crippen molar-refractivity contribution in [2.75, 3.05) is 26.2 Å². The molecule has 2 aliphatic heterocycles. The molecule has 1 unspecified atom stereocenters. The Bertz CT molecular complexity index is 703. The molecule has 2 fully saturated rings. The molecule has 1 atom stereocenters. The molecular formula is C16H16F4N2O4. The van der Waals surface area contributed by atoms with Crippen LogP contribution < -0.4 is 10.1 Å². The number of benzene rings is 1. The molecule has 2 heterocycles. The van der Waals surface area contributed by atoms with Gasteiger partial charge in [0.25, 0.3) is 5.91 Å². The first-order valence-electron chi connectivity index (χ1n) is 7.86. The predicted molar refractivity (Wildman–Crippen MR) is 80.2 cm³/mol. The van der Waals surface area contributed by atoms with Crippen LogP contribution in [0.2, 0.25) is 0 Å². The lowest BCUT2D eigenvalue weighted by Gasteiger charge is -2.33. The molecule has 3 rings (SSSR count). The summed E-state index contributed by atoms with van der Waals surface area (Å²) in [4.78, 5) is 25.3. The third kappa shape index (κ3) is 3.59. The van der Waals surface area contributed by atoms with Gasteiger partial charge in [0.2, 0.25) is 5.91 Å². The highest BCUT2D eigenvalue weighted by atomic mass is 19.3. The van der Waals surface area contributed by atoms with E-state index >= 15 is 0 Å². The lowest BCUT2D eigenvalue weighted by Crippen LogP contribution is -2.54. The van der Waals surface area contributed by atoms with Crippen LogP contribution in [0.5, 0.6) is 5.75 Å². The van der Waals surface area contributed by atoms with E-state index in [9.17, 15) is 27.2 Å². The minimum Gasteiger partial charge on any atom is -0.427 e. The molecule has 6 nitrogen and oxygen atoms in total. The van der Waals surface area contributed by atoms with Gasteiger partial charge in [0.05, 0.1) is 12.1 Å². The summed E-state index contributed by atoms with van der Waals surface area (Å²) in [7, 11) is 0. The Hall–Kier alpha value is -2.36. The molecule has 0 radical (unpaired) electrons. The van der Waals surface area contributed by atoms with E-state index in [1.807, 2.05) is 0 Å². The summed E-state index contributed by atoms with van der Waals surface area (Å²) in [6, 6.07) is 4.99. The van der Waals surface area contributed by atoms with Crippen LogP contribution in [0, 0.1) is 0 Å². The average Bonchev–Trinajstić information content (AvgIpc) is 3.01. The molecule has 0 bridgehead atoms. The number of rotatable bonds is 4. The number of carbonyl (C=O) groups excluding carboxylic acids is 2. The number of morpholine rings is 1. The Kier molecular flexibility index (Phi) is 4.78. The number of nitrogens with one attached hydrogen (secondary N) is 1. The molecule has 142 valence electrons. The van der Waals surface area contributed by atoms with Gasteiger partial charge in [-0.2, -0.15) is 17.6 Å². The highest BCUT2D eigenvalue weighted by molar-refractivity contribution is 5.97. The molecule has 1 aromatic rings. The van der Waals surface area contributed by atoms with Gasteiger partial charge in [-0.1, -0.05) is 12.1 Å². The summed E-state index contributed by atoms with van der Waals surface area (Å²) in [6.07, 6.45) is -8.28. The zero-order valence-electron chi connectivity index (χ0n) is 13.5. The Morgan fingerprint density at radius 1 is 1.35 bits per heavy atom. The van der Waals surface area contributed by atoms with Crippen molar-refractivity contribution in [3.63, 3.8) is 0 Å². The molecule has 1 N–H and O–H groups in total. The van der Waals surface area contributed by atoms with Gasteiger partial charge in [0, 0.05) is 13.1 Å². The monoisotopic (exact) mass is 376 g/mol. The number of para-hydroxylation sites is 1. The van der Waals surface area contributed by atoms with Gasteiger partial charge in [-0.05, 0) is 18.6 Å². The molecule has 10 heteroatoms. The van der Waals surface area contributed by atoms with E-state index < -0.39 is 29.8 Å². The van der Waals surface area contributed by atoms with E-state index in [0.717, 1.165) is 6.07 Å². The molecule has 0 aromatic heterocycles. The number of amides is 2. The number of ether oxygens (including phenoxy) is 2. The SMILES string of the molecule is O=C1COC2(CCN(C(=O)c3ccccc3OC(F)(F)C(F)F)C2)CN1. The van der Waals surface area contributed by atoms with Crippen molar-refractivity contribution in [1.82, 2.24) is 10.2 Å². The predicted octanol–water partition coefficient (Wildman–Crippen LogP) is 1.65. The van der Waals surface area contributed by atoms with Gasteiger partial charge < -0.3 is 19.7 Å². The van der Waals surface area contributed by atoms with Gasteiger partial charge in [-0.15, -0.1) is 0 Å². The quantitative estimate of drug-likeness (QED) is 0.812. The molecule has 0 aliphatic carbocycles. The second kappa shape index (κ2) is 6.75. The van der Waals surface area contributed by atoms with Crippen LogP contribution in [0.3, 0.4) is 0 Å². The molecule has 1 aromatic carbocycles. The van der Waals surface area contributed by atoms with Crippen molar-refractivity contribution >= 4 is 11.8 Å². The molecular weight excluding hydrogens is 360 g/mol. The molecule has 1 spiro atoms. The normalized spacial score (nSPS) is 23.4. The van der Waals surface area contributed by atoms with Crippen molar-refractivity contribution in [3.05, 3.63) is 29.8 Å². The summed E-state index contributed by atoms with van der Waals surface area (Å²) in [5.74, 6) is -1.52. The molecule has 26 heavy (non-hydrogen) atoms. The summed E-state index contributed by atoms with van der Waals surface area (Å²) in [5, 5.41) is 2.66. The Balaban J connectivity index is 1.76. The maximum atomic E-state index is 13.2. The third-order valence-corrected chi connectivity index (χ3v) is 4.34. The second-order valence-electron chi connectivity index (χ2n) is 6.19.